The molecular weight excluding hydrogens is 295 g/mol. The van der Waals surface area contributed by atoms with Crippen LogP contribution in [0.25, 0.3) is 0 Å². The fourth-order valence-corrected chi connectivity index (χ4v) is 2.08. The molecule has 0 spiro atoms. The number of carbonyl (C=O) groups is 1. The second-order valence-corrected chi connectivity index (χ2v) is 5.06. The average Bonchev–Trinajstić information content (AvgIpc) is 2.42. The quantitative estimate of drug-likeness (QED) is 0.795. The second kappa shape index (κ2) is 11.0. The Kier molecular flexibility index (Phi) is 10.5. The van der Waals surface area contributed by atoms with Gasteiger partial charge in [0.2, 0.25) is 5.91 Å². The predicted octanol–water partition coefficient (Wildman–Crippen LogP) is 3.63. The number of unbranched alkanes of at least 4 members (excludes halogenated alkanes) is 1. The Morgan fingerprint density at radius 1 is 1.30 bits per heavy atom. The fraction of sp³-hybridized carbons (Fsp3) is 0.533. The van der Waals surface area contributed by atoms with Crippen molar-refractivity contribution < 1.29 is 4.79 Å². The van der Waals surface area contributed by atoms with Crippen LogP contribution in [0.2, 0.25) is 5.02 Å². The van der Waals surface area contributed by atoms with E-state index >= 15 is 0 Å². The summed E-state index contributed by atoms with van der Waals surface area (Å²) >= 11 is 6.15. The van der Waals surface area contributed by atoms with E-state index < -0.39 is 0 Å². The van der Waals surface area contributed by atoms with Gasteiger partial charge in [-0.2, -0.15) is 0 Å². The molecule has 0 heterocycles. The lowest BCUT2D eigenvalue weighted by atomic mass is 10.1. The fourth-order valence-electron chi connectivity index (χ4n) is 1.88. The first-order valence-corrected chi connectivity index (χ1v) is 7.28. The summed E-state index contributed by atoms with van der Waals surface area (Å²) in [6.07, 6.45) is 3.34. The van der Waals surface area contributed by atoms with Crippen molar-refractivity contribution in [1.29, 1.82) is 0 Å². The molecule has 1 amide bonds. The van der Waals surface area contributed by atoms with Crippen LogP contribution in [0.15, 0.2) is 24.3 Å². The van der Waals surface area contributed by atoms with Crippen LogP contribution < -0.4 is 5.73 Å². The summed E-state index contributed by atoms with van der Waals surface area (Å²) in [5, 5.41) is 0.718. The van der Waals surface area contributed by atoms with Gasteiger partial charge in [-0.25, -0.2) is 0 Å². The van der Waals surface area contributed by atoms with Crippen molar-refractivity contribution >= 4 is 29.9 Å². The van der Waals surface area contributed by atoms with Crippen LogP contribution >= 0.6 is 24.0 Å². The van der Waals surface area contributed by atoms with Crippen LogP contribution in [-0.2, 0) is 11.3 Å². The highest BCUT2D eigenvalue weighted by Crippen LogP contribution is 2.18. The van der Waals surface area contributed by atoms with E-state index in [2.05, 4.69) is 6.92 Å². The smallest absolute Gasteiger partial charge is 0.222 e. The van der Waals surface area contributed by atoms with Crippen molar-refractivity contribution in [2.75, 3.05) is 13.1 Å². The Morgan fingerprint density at radius 3 is 2.60 bits per heavy atom. The summed E-state index contributed by atoms with van der Waals surface area (Å²) in [4.78, 5) is 14.0. The molecule has 1 aromatic carbocycles. The molecule has 0 aliphatic rings. The number of benzene rings is 1. The largest absolute Gasteiger partial charge is 0.338 e. The molecular formula is C15H24Cl2N2O. The average molecular weight is 319 g/mol. The molecule has 0 aromatic heterocycles. The molecule has 20 heavy (non-hydrogen) atoms. The van der Waals surface area contributed by atoms with Gasteiger partial charge in [0.1, 0.15) is 0 Å². The number of nitrogens with two attached hydrogens (primary N) is 1. The number of rotatable bonds is 8. The molecule has 0 bridgehead atoms. The van der Waals surface area contributed by atoms with Gasteiger partial charge in [0.15, 0.2) is 0 Å². The van der Waals surface area contributed by atoms with E-state index in [1.54, 1.807) is 0 Å². The zero-order valence-corrected chi connectivity index (χ0v) is 13.6. The molecule has 0 radical (unpaired) electrons. The van der Waals surface area contributed by atoms with E-state index in [1.807, 2.05) is 29.2 Å². The summed E-state index contributed by atoms with van der Waals surface area (Å²) in [6, 6.07) is 7.68. The lowest BCUT2D eigenvalue weighted by molar-refractivity contribution is -0.132. The summed E-state index contributed by atoms with van der Waals surface area (Å²) in [5.74, 6) is 0.166. The number of amides is 1. The first-order chi connectivity index (χ1) is 9.19. The Hall–Kier alpha value is -0.770. The Labute approximate surface area is 132 Å². The Bertz CT molecular complexity index is 399. The van der Waals surface area contributed by atoms with E-state index in [1.165, 1.54) is 0 Å². The maximum absolute atomic E-state index is 12.2. The minimum Gasteiger partial charge on any atom is -0.338 e. The van der Waals surface area contributed by atoms with Crippen LogP contribution in [0.1, 0.15) is 38.2 Å². The maximum atomic E-state index is 12.2. The zero-order chi connectivity index (χ0) is 14.1. The van der Waals surface area contributed by atoms with Gasteiger partial charge in [-0.3, -0.25) is 4.79 Å². The van der Waals surface area contributed by atoms with Gasteiger partial charge < -0.3 is 10.6 Å². The first-order valence-electron chi connectivity index (χ1n) is 6.90. The van der Waals surface area contributed by atoms with Gasteiger partial charge in [-0.05, 0) is 31.0 Å². The van der Waals surface area contributed by atoms with Crippen LogP contribution in [0, 0.1) is 0 Å². The van der Waals surface area contributed by atoms with Gasteiger partial charge >= 0.3 is 0 Å². The van der Waals surface area contributed by atoms with E-state index in [-0.39, 0.29) is 18.3 Å². The van der Waals surface area contributed by atoms with Crippen molar-refractivity contribution in [3.63, 3.8) is 0 Å². The highest BCUT2D eigenvalue weighted by Gasteiger charge is 2.14. The third kappa shape index (κ3) is 6.60. The van der Waals surface area contributed by atoms with Crippen LogP contribution in [0.3, 0.4) is 0 Å². The molecule has 0 fully saturated rings. The molecule has 1 aromatic rings. The van der Waals surface area contributed by atoms with Crippen molar-refractivity contribution in [3.8, 4) is 0 Å². The number of carbonyl (C=O) groups excluding carboxylic acids is 1. The molecule has 0 saturated heterocycles. The number of nitrogens with zero attached hydrogens (tertiary/aromatic N) is 1. The minimum atomic E-state index is 0. The number of halogens is 2. The van der Waals surface area contributed by atoms with Gasteiger partial charge in [-0.1, -0.05) is 43.1 Å². The molecule has 0 atom stereocenters. The molecule has 5 heteroatoms. The molecule has 114 valence electrons. The number of hydrogen-bond donors (Lipinski definition) is 1. The Morgan fingerprint density at radius 2 is 2.00 bits per heavy atom. The summed E-state index contributed by atoms with van der Waals surface area (Å²) in [5.41, 5.74) is 6.46. The summed E-state index contributed by atoms with van der Waals surface area (Å²) in [6.45, 7) is 4.05. The molecule has 0 saturated carbocycles. The van der Waals surface area contributed by atoms with Gasteiger partial charge in [0.05, 0.1) is 0 Å². The standard InChI is InChI=1S/C15H23ClN2O.ClH/c1-2-3-11-18(15(19)9-6-10-17)12-13-7-4-5-8-14(13)16;/h4-5,7-8H,2-3,6,9-12,17H2,1H3;1H. The Balaban J connectivity index is 0.00000361. The summed E-state index contributed by atoms with van der Waals surface area (Å²) < 4.78 is 0. The van der Waals surface area contributed by atoms with Crippen LogP contribution in [0.4, 0.5) is 0 Å². The normalized spacial score (nSPS) is 9.95. The van der Waals surface area contributed by atoms with Crippen molar-refractivity contribution in [1.82, 2.24) is 4.90 Å². The molecule has 2 N–H and O–H groups in total. The first kappa shape index (κ1) is 19.2. The molecule has 0 aliphatic carbocycles. The van der Waals surface area contributed by atoms with Crippen molar-refractivity contribution in [2.24, 2.45) is 5.73 Å². The van der Waals surface area contributed by atoms with E-state index in [4.69, 9.17) is 17.3 Å². The van der Waals surface area contributed by atoms with E-state index in [0.29, 0.717) is 19.5 Å². The second-order valence-electron chi connectivity index (χ2n) is 4.65. The topological polar surface area (TPSA) is 46.3 Å². The highest BCUT2D eigenvalue weighted by molar-refractivity contribution is 6.31. The number of hydrogen-bond acceptors (Lipinski definition) is 2. The molecule has 1 rings (SSSR count). The van der Waals surface area contributed by atoms with Gasteiger partial charge in [0.25, 0.3) is 0 Å². The lowest BCUT2D eigenvalue weighted by Gasteiger charge is -2.23. The molecule has 0 unspecified atom stereocenters. The summed E-state index contributed by atoms with van der Waals surface area (Å²) in [7, 11) is 0. The zero-order valence-electron chi connectivity index (χ0n) is 12.0. The van der Waals surface area contributed by atoms with Crippen molar-refractivity contribution in [2.45, 2.75) is 39.2 Å². The monoisotopic (exact) mass is 318 g/mol. The third-order valence-corrected chi connectivity index (χ3v) is 3.42. The highest BCUT2D eigenvalue weighted by atomic mass is 35.5. The van der Waals surface area contributed by atoms with Crippen LogP contribution in [0.5, 0.6) is 0 Å². The van der Waals surface area contributed by atoms with Gasteiger partial charge in [0, 0.05) is 24.5 Å². The lowest BCUT2D eigenvalue weighted by Crippen LogP contribution is -2.31. The van der Waals surface area contributed by atoms with E-state index in [9.17, 15) is 4.79 Å². The van der Waals surface area contributed by atoms with Crippen molar-refractivity contribution in [3.05, 3.63) is 34.9 Å². The molecule has 3 nitrogen and oxygen atoms in total. The maximum Gasteiger partial charge on any atom is 0.222 e. The third-order valence-electron chi connectivity index (χ3n) is 3.05. The molecule has 0 aliphatic heterocycles. The SMILES string of the molecule is CCCCN(Cc1ccccc1Cl)C(=O)CCCN.Cl. The van der Waals surface area contributed by atoms with Gasteiger partial charge in [-0.15, -0.1) is 12.4 Å². The van der Waals surface area contributed by atoms with E-state index in [0.717, 1.165) is 36.4 Å². The minimum absolute atomic E-state index is 0. The van der Waals surface area contributed by atoms with Crippen LogP contribution in [-0.4, -0.2) is 23.9 Å². The predicted molar refractivity (Wildman–Crippen MR) is 87.3 cm³/mol.